The predicted molar refractivity (Wildman–Crippen MR) is 76.1 cm³/mol. The van der Waals surface area contributed by atoms with Gasteiger partial charge in [-0.15, -0.1) is 0 Å². The van der Waals surface area contributed by atoms with Crippen molar-refractivity contribution in [3.63, 3.8) is 0 Å². The third-order valence-electron chi connectivity index (χ3n) is 3.60. The van der Waals surface area contributed by atoms with Crippen LogP contribution >= 0.6 is 15.9 Å². The van der Waals surface area contributed by atoms with Crippen molar-refractivity contribution in [2.45, 2.75) is 32.0 Å². The van der Waals surface area contributed by atoms with Gasteiger partial charge in [0.15, 0.2) is 10.5 Å². The zero-order valence-electron chi connectivity index (χ0n) is 11.5. The molecule has 0 saturated carbocycles. The smallest absolute Gasteiger partial charge is 0.169 e. The summed E-state index contributed by atoms with van der Waals surface area (Å²) in [6.07, 6.45) is 1.10. The van der Waals surface area contributed by atoms with Crippen LogP contribution in [0.2, 0.25) is 0 Å². The molecular weight excluding hydrogens is 324 g/mol. The molecule has 2 aromatic rings. The molecule has 0 radical (unpaired) electrons. The summed E-state index contributed by atoms with van der Waals surface area (Å²) in [5.41, 5.74) is 0. The fourth-order valence-corrected chi connectivity index (χ4v) is 2.96. The van der Waals surface area contributed by atoms with Gasteiger partial charge < -0.3 is 9.15 Å². The molecule has 0 aliphatic carbocycles. The molecule has 20 heavy (non-hydrogen) atoms. The average Bonchev–Trinajstić information content (AvgIpc) is 3.11. The van der Waals surface area contributed by atoms with E-state index in [4.69, 9.17) is 9.15 Å². The minimum absolute atomic E-state index is 0.161. The number of rotatable bonds is 4. The van der Waals surface area contributed by atoms with Crippen molar-refractivity contribution in [1.82, 2.24) is 20.1 Å². The first-order valence-corrected chi connectivity index (χ1v) is 7.35. The summed E-state index contributed by atoms with van der Waals surface area (Å²) in [4.78, 5) is 6.75. The van der Waals surface area contributed by atoms with E-state index < -0.39 is 0 Å². The van der Waals surface area contributed by atoms with E-state index in [1.165, 1.54) is 0 Å². The van der Waals surface area contributed by atoms with Crippen molar-refractivity contribution in [1.29, 1.82) is 0 Å². The molecular formula is C13H17BrN4O2. The number of hydrogen-bond donors (Lipinski definition) is 1. The minimum Gasteiger partial charge on any atom is -0.453 e. The first-order chi connectivity index (χ1) is 9.65. The number of aryl methyl sites for hydroxylation is 1. The van der Waals surface area contributed by atoms with Gasteiger partial charge in [-0.25, -0.2) is 4.98 Å². The standard InChI is InChI=1S/C13H17BrN4O2/c1-8-15-13(17-16-8)11-5-10(19-2)7-18(11)6-9-3-4-12(14)20-9/h3-4,10-11H,5-7H2,1-2H3,(H,15,16,17)/t10-,11+/m1/s1. The molecule has 3 heterocycles. The van der Waals surface area contributed by atoms with E-state index in [9.17, 15) is 0 Å². The van der Waals surface area contributed by atoms with Gasteiger partial charge in [-0.05, 0) is 41.4 Å². The Kier molecular flexibility index (Phi) is 3.91. The number of halogens is 1. The molecule has 7 heteroatoms. The van der Waals surface area contributed by atoms with Crippen LogP contribution in [0.15, 0.2) is 21.2 Å². The Hall–Kier alpha value is -1.18. The SMILES string of the molecule is CO[C@@H]1C[C@@H](c2n[nH]c(C)n2)N(Cc2ccc(Br)o2)C1. The number of hydrogen-bond acceptors (Lipinski definition) is 5. The maximum Gasteiger partial charge on any atom is 0.169 e. The molecule has 1 aliphatic heterocycles. The summed E-state index contributed by atoms with van der Waals surface area (Å²) in [5, 5.41) is 7.20. The normalized spacial score (nSPS) is 23.6. The monoisotopic (exact) mass is 340 g/mol. The summed E-state index contributed by atoms with van der Waals surface area (Å²) < 4.78 is 11.8. The van der Waals surface area contributed by atoms with Gasteiger partial charge >= 0.3 is 0 Å². The summed E-state index contributed by atoms with van der Waals surface area (Å²) in [5.74, 6) is 2.58. The van der Waals surface area contributed by atoms with Gasteiger partial charge in [-0.2, -0.15) is 5.10 Å². The van der Waals surface area contributed by atoms with Crippen molar-refractivity contribution >= 4 is 15.9 Å². The van der Waals surface area contributed by atoms with Crippen LogP contribution in [-0.4, -0.2) is 39.8 Å². The second-order valence-corrected chi connectivity index (χ2v) is 5.81. The van der Waals surface area contributed by atoms with E-state index in [0.29, 0.717) is 0 Å². The maximum absolute atomic E-state index is 5.59. The highest BCUT2D eigenvalue weighted by Gasteiger charge is 2.36. The summed E-state index contributed by atoms with van der Waals surface area (Å²) >= 11 is 3.33. The molecule has 1 N–H and O–H groups in total. The maximum atomic E-state index is 5.59. The molecule has 6 nitrogen and oxygen atoms in total. The number of ether oxygens (including phenoxy) is 1. The molecule has 2 aromatic heterocycles. The van der Waals surface area contributed by atoms with Gasteiger partial charge in [0.2, 0.25) is 0 Å². The van der Waals surface area contributed by atoms with Crippen LogP contribution in [0.1, 0.15) is 29.9 Å². The number of nitrogens with one attached hydrogen (secondary N) is 1. The third-order valence-corrected chi connectivity index (χ3v) is 4.02. The first kappa shape index (κ1) is 13.8. The average molecular weight is 341 g/mol. The Morgan fingerprint density at radius 1 is 1.55 bits per heavy atom. The highest BCUT2D eigenvalue weighted by atomic mass is 79.9. The van der Waals surface area contributed by atoms with E-state index in [-0.39, 0.29) is 12.1 Å². The van der Waals surface area contributed by atoms with E-state index >= 15 is 0 Å². The highest BCUT2D eigenvalue weighted by molar-refractivity contribution is 9.10. The lowest BCUT2D eigenvalue weighted by molar-refractivity contribution is 0.106. The van der Waals surface area contributed by atoms with E-state index in [1.807, 2.05) is 19.1 Å². The highest BCUT2D eigenvalue weighted by Crippen LogP contribution is 2.33. The molecule has 108 valence electrons. The Bertz CT molecular complexity index is 582. The van der Waals surface area contributed by atoms with Gasteiger partial charge in [0.25, 0.3) is 0 Å². The van der Waals surface area contributed by atoms with Gasteiger partial charge in [-0.1, -0.05) is 0 Å². The van der Waals surface area contributed by atoms with Crippen LogP contribution in [0.25, 0.3) is 0 Å². The molecule has 0 bridgehead atoms. The van der Waals surface area contributed by atoms with E-state index in [1.54, 1.807) is 7.11 Å². The van der Waals surface area contributed by atoms with Crippen LogP contribution in [0, 0.1) is 6.92 Å². The van der Waals surface area contributed by atoms with Crippen molar-refractivity contribution in [2.24, 2.45) is 0 Å². The lowest BCUT2D eigenvalue weighted by atomic mass is 10.2. The minimum atomic E-state index is 0.161. The van der Waals surface area contributed by atoms with Crippen LogP contribution in [0.3, 0.4) is 0 Å². The molecule has 0 aromatic carbocycles. The fourth-order valence-electron chi connectivity index (χ4n) is 2.62. The molecule has 0 unspecified atom stereocenters. The number of nitrogens with zero attached hydrogens (tertiary/aromatic N) is 3. The zero-order valence-corrected chi connectivity index (χ0v) is 13.1. The number of aromatic amines is 1. The van der Waals surface area contributed by atoms with Gasteiger partial charge in [0.1, 0.15) is 11.6 Å². The topological polar surface area (TPSA) is 67.2 Å². The number of likely N-dealkylation sites (tertiary alicyclic amines) is 1. The lowest BCUT2D eigenvalue weighted by Gasteiger charge is -2.20. The molecule has 1 saturated heterocycles. The van der Waals surface area contributed by atoms with Crippen LogP contribution in [0.5, 0.6) is 0 Å². The number of aromatic nitrogens is 3. The lowest BCUT2D eigenvalue weighted by Crippen LogP contribution is -2.25. The number of H-pyrrole nitrogens is 1. The van der Waals surface area contributed by atoms with Gasteiger partial charge in [0.05, 0.1) is 18.7 Å². The number of furan rings is 1. The molecule has 3 rings (SSSR count). The quantitative estimate of drug-likeness (QED) is 0.925. The third kappa shape index (κ3) is 2.79. The van der Waals surface area contributed by atoms with Crippen LogP contribution < -0.4 is 0 Å². The molecule has 2 atom stereocenters. The molecule has 0 amide bonds. The predicted octanol–water partition coefficient (Wildman–Crippen LogP) is 2.43. The Balaban J connectivity index is 1.79. The molecule has 0 spiro atoms. The fraction of sp³-hybridized carbons (Fsp3) is 0.538. The van der Waals surface area contributed by atoms with E-state index in [0.717, 1.165) is 41.6 Å². The van der Waals surface area contributed by atoms with Crippen molar-refractivity contribution < 1.29 is 9.15 Å². The van der Waals surface area contributed by atoms with Crippen molar-refractivity contribution in [2.75, 3.05) is 13.7 Å². The van der Waals surface area contributed by atoms with E-state index in [2.05, 4.69) is 36.0 Å². The number of methoxy groups -OCH3 is 1. The largest absolute Gasteiger partial charge is 0.453 e. The Morgan fingerprint density at radius 2 is 2.40 bits per heavy atom. The molecule has 1 aliphatic rings. The summed E-state index contributed by atoms with van der Waals surface area (Å²) in [6.45, 7) is 3.49. The molecule has 1 fully saturated rings. The van der Waals surface area contributed by atoms with Crippen molar-refractivity contribution in [3.8, 4) is 0 Å². The second-order valence-electron chi connectivity index (χ2n) is 5.02. The van der Waals surface area contributed by atoms with Gasteiger partial charge in [0, 0.05) is 13.7 Å². The summed E-state index contributed by atoms with van der Waals surface area (Å²) in [7, 11) is 1.75. The van der Waals surface area contributed by atoms with Crippen molar-refractivity contribution in [3.05, 3.63) is 34.2 Å². The van der Waals surface area contributed by atoms with Crippen LogP contribution in [-0.2, 0) is 11.3 Å². The van der Waals surface area contributed by atoms with Crippen LogP contribution in [0.4, 0.5) is 0 Å². The zero-order chi connectivity index (χ0) is 14.1. The Labute approximate surface area is 125 Å². The summed E-state index contributed by atoms with van der Waals surface area (Å²) in [6, 6.07) is 4.05. The van der Waals surface area contributed by atoms with Gasteiger partial charge in [-0.3, -0.25) is 10.00 Å². The first-order valence-electron chi connectivity index (χ1n) is 6.55. The second kappa shape index (κ2) is 5.67. The Morgan fingerprint density at radius 3 is 3.00 bits per heavy atom.